The molecule has 5 heteroatoms. The van der Waals surface area contributed by atoms with Crippen molar-refractivity contribution in [2.45, 2.75) is 39.5 Å². The largest absolute Gasteiger partial charge is 0.441 e. The van der Waals surface area contributed by atoms with Crippen LogP contribution in [0.15, 0.2) is 59.1 Å². The number of para-hydroxylation sites is 1. The highest BCUT2D eigenvalue weighted by molar-refractivity contribution is 6.03. The second-order valence-electron chi connectivity index (χ2n) is 7.04. The third kappa shape index (κ3) is 4.74. The number of aromatic nitrogens is 1. The Hall–Kier alpha value is -3.21. The average molecular weight is 376 g/mol. The van der Waals surface area contributed by atoms with Crippen molar-refractivity contribution in [3.63, 3.8) is 0 Å². The van der Waals surface area contributed by atoms with E-state index in [2.05, 4.69) is 36.3 Å². The van der Waals surface area contributed by atoms with E-state index < -0.39 is 0 Å². The number of Topliss-reactive ketones (excluding diaryl/α,β-unsaturated/α-hetero) is 1. The van der Waals surface area contributed by atoms with Gasteiger partial charge in [-0.3, -0.25) is 9.59 Å². The van der Waals surface area contributed by atoms with Crippen molar-refractivity contribution in [1.82, 2.24) is 4.98 Å². The summed E-state index contributed by atoms with van der Waals surface area (Å²) in [4.78, 5) is 28.2. The maximum atomic E-state index is 12.2. The van der Waals surface area contributed by atoms with Gasteiger partial charge in [0.2, 0.25) is 5.91 Å². The van der Waals surface area contributed by atoms with E-state index in [-0.39, 0.29) is 18.1 Å². The van der Waals surface area contributed by atoms with Gasteiger partial charge in [0.15, 0.2) is 17.4 Å². The average Bonchev–Trinajstić information content (AvgIpc) is 3.16. The second-order valence-corrected chi connectivity index (χ2v) is 7.04. The Balaban J connectivity index is 1.60. The van der Waals surface area contributed by atoms with Gasteiger partial charge < -0.3 is 9.73 Å². The van der Waals surface area contributed by atoms with E-state index in [0.29, 0.717) is 35.2 Å². The van der Waals surface area contributed by atoms with Gasteiger partial charge in [-0.1, -0.05) is 50.2 Å². The molecule has 144 valence electrons. The Morgan fingerprint density at radius 3 is 2.46 bits per heavy atom. The fourth-order valence-electron chi connectivity index (χ4n) is 2.92. The summed E-state index contributed by atoms with van der Waals surface area (Å²) < 4.78 is 5.79. The van der Waals surface area contributed by atoms with Crippen molar-refractivity contribution < 1.29 is 14.0 Å². The first-order chi connectivity index (χ1) is 13.4. The number of ketones is 1. The van der Waals surface area contributed by atoms with Gasteiger partial charge in [0.05, 0.1) is 11.9 Å². The highest BCUT2D eigenvalue weighted by Gasteiger charge is 2.12. The SMILES string of the molecule is CC(=O)c1ccccc1NC(=O)CCc1ncc(-c2ccc(C(C)C)cc2)o1. The van der Waals surface area contributed by atoms with Crippen molar-refractivity contribution in [2.75, 3.05) is 5.32 Å². The number of benzene rings is 2. The molecule has 2 aromatic carbocycles. The Morgan fingerprint density at radius 2 is 1.79 bits per heavy atom. The third-order valence-corrected chi connectivity index (χ3v) is 4.56. The number of nitrogens with one attached hydrogen (secondary N) is 1. The van der Waals surface area contributed by atoms with Gasteiger partial charge >= 0.3 is 0 Å². The summed E-state index contributed by atoms with van der Waals surface area (Å²) in [6.45, 7) is 5.79. The van der Waals surface area contributed by atoms with Crippen LogP contribution in [0.4, 0.5) is 5.69 Å². The van der Waals surface area contributed by atoms with Crippen molar-refractivity contribution in [2.24, 2.45) is 0 Å². The van der Waals surface area contributed by atoms with Crippen LogP contribution in [-0.4, -0.2) is 16.7 Å². The van der Waals surface area contributed by atoms with Crippen LogP contribution < -0.4 is 5.32 Å². The fraction of sp³-hybridized carbons (Fsp3) is 0.261. The molecule has 0 atom stereocenters. The molecule has 0 aliphatic carbocycles. The predicted octanol–water partition coefficient (Wildman–Crippen LogP) is 5.24. The smallest absolute Gasteiger partial charge is 0.224 e. The van der Waals surface area contributed by atoms with E-state index in [4.69, 9.17) is 4.42 Å². The van der Waals surface area contributed by atoms with Crippen LogP contribution in [0, 0.1) is 0 Å². The van der Waals surface area contributed by atoms with E-state index in [1.807, 2.05) is 12.1 Å². The van der Waals surface area contributed by atoms with Gasteiger partial charge in [0, 0.05) is 24.0 Å². The first kappa shape index (κ1) is 19.5. The topological polar surface area (TPSA) is 72.2 Å². The van der Waals surface area contributed by atoms with E-state index >= 15 is 0 Å². The number of carbonyl (C=O) groups excluding carboxylic acids is 2. The zero-order chi connectivity index (χ0) is 20.1. The second kappa shape index (κ2) is 8.65. The Labute approximate surface area is 164 Å². The lowest BCUT2D eigenvalue weighted by Gasteiger charge is -2.08. The van der Waals surface area contributed by atoms with E-state index in [1.54, 1.807) is 30.5 Å². The molecule has 3 rings (SSSR count). The minimum atomic E-state index is -0.185. The number of anilines is 1. The highest BCUT2D eigenvalue weighted by atomic mass is 16.4. The normalized spacial score (nSPS) is 10.9. The van der Waals surface area contributed by atoms with Crippen molar-refractivity contribution in [1.29, 1.82) is 0 Å². The maximum Gasteiger partial charge on any atom is 0.224 e. The van der Waals surface area contributed by atoms with Crippen molar-refractivity contribution in [3.8, 4) is 11.3 Å². The first-order valence-electron chi connectivity index (χ1n) is 9.39. The van der Waals surface area contributed by atoms with Gasteiger partial charge in [-0.25, -0.2) is 4.98 Å². The van der Waals surface area contributed by atoms with Crippen LogP contribution in [0.25, 0.3) is 11.3 Å². The molecule has 0 saturated heterocycles. The number of carbonyl (C=O) groups is 2. The molecule has 0 saturated carbocycles. The standard InChI is InChI=1S/C23H24N2O3/c1-15(2)17-8-10-18(11-9-17)21-14-24-23(28-21)13-12-22(27)25-20-7-5-4-6-19(20)16(3)26/h4-11,14-15H,12-13H2,1-3H3,(H,25,27). The Bertz CT molecular complexity index is 972. The molecular weight excluding hydrogens is 352 g/mol. The summed E-state index contributed by atoms with van der Waals surface area (Å²) in [6, 6.07) is 15.2. The number of hydrogen-bond acceptors (Lipinski definition) is 4. The lowest BCUT2D eigenvalue weighted by Crippen LogP contribution is -2.14. The van der Waals surface area contributed by atoms with Crippen LogP contribution in [0.5, 0.6) is 0 Å². The van der Waals surface area contributed by atoms with E-state index in [0.717, 1.165) is 5.56 Å². The number of amides is 1. The number of aryl methyl sites for hydroxylation is 1. The lowest BCUT2D eigenvalue weighted by atomic mass is 10.0. The van der Waals surface area contributed by atoms with Crippen molar-refractivity contribution in [3.05, 3.63) is 71.7 Å². The summed E-state index contributed by atoms with van der Waals surface area (Å²) in [5.41, 5.74) is 3.26. The first-order valence-corrected chi connectivity index (χ1v) is 9.39. The Morgan fingerprint density at radius 1 is 1.07 bits per heavy atom. The van der Waals surface area contributed by atoms with Gasteiger partial charge in [0.1, 0.15) is 0 Å². The van der Waals surface area contributed by atoms with Crippen molar-refractivity contribution >= 4 is 17.4 Å². The Kier molecular flexibility index (Phi) is 6.04. The zero-order valence-electron chi connectivity index (χ0n) is 16.4. The summed E-state index contributed by atoms with van der Waals surface area (Å²) >= 11 is 0. The maximum absolute atomic E-state index is 12.2. The molecule has 3 aromatic rings. The zero-order valence-corrected chi connectivity index (χ0v) is 16.4. The molecule has 0 spiro atoms. The van der Waals surface area contributed by atoms with Crippen LogP contribution >= 0.6 is 0 Å². The monoisotopic (exact) mass is 376 g/mol. The quantitative estimate of drug-likeness (QED) is 0.573. The molecule has 0 aliphatic rings. The molecular formula is C23H24N2O3. The molecule has 1 heterocycles. The molecule has 0 aliphatic heterocycles. The number of hydrogen-bond donors (Lipinski definition) is 1. The van der Waals surface area contributed by atoms with Crippen LogP contribution in [0.3, 0.4) is 0 Å². The van der Waals surface area contributed by atoms with Gasteiger partial charge in [-0.2, -0.15) is 0 Å². The molecule has 0 unspecified atom stereocenters. The van der Waals surface area contributed by atoms with Crippen LogP contribution in [0.2, 0.25) is 0 Å². The molecule has 1 amide bonds. The van der Waals surface area contributed by atoms with Crippen LogP contribution in [0.1, 0.15) is 54.9 Å². The molecule has 1 aromatic heterocycles. The summed E-state index contributed by atoms with van der Waals surface area (Å²) in [5, 5.41) is 2.79. The minimum Gasteiger partial charge on any atom is -0.441 e. The minimum absolute atomic E-state index is 0.0864. The summed E-state index contributed by atoms with van der Waals surface area (Å²) in [6.07, 6.45) is 2.29. The van der Waals surface area contributed by atoms with E-state index in [1.165, 1.54) is 12.5 Å². The molecule has 5 nitrogen and oxygen atoms in total. The predicted molar refractivity (Wildman–Crippen MR) is 109 cm³/mol. The number of rotatable bonds is 7. The van der Waals surface area contributed by atoms with E-state index in [9.17, 15) is 9.59 Å². The molecule has 0 radical (unpaired) electrons. The summed E-state index contributed by atoms with van der Waals surface area (Å²) in [7, 11) is 0. The molecule has 1 N–H and O–H groups in total. The highest BCUT2D eigenvalue weighted by Crippen LogP contribution is 2.24. The van der Waals surface area contributed by atoms with Crippen LogP contribution in [-0.2, 0) is 11.2 Å². The third-order valence-electron chi connectivity index (χ3n) is 4.56. The number of oxazole rings is 1. The molecule has 0 bridgehead atoms. The lowest BCUT2D eigenvalue weighted by molar-refractivity contribution is -0.116. The van der Waals surface area contributed by atoms with Gasteiger partial charge in [-0.15, -0.1) is 0 Å². The summed E-state index contributed by atoms with van der Waals surface area (Å²) in [5.74, 6) is 1.41. The van der Waals surface area contributed by atoms with Gasteiger partial charge in [-0.05, 0) is 30.5 Å². The van der Waals surface area contributed by atoms with Gasteiger partial charge in [0.25, 0.3) is 0 Å². The molecule has 28 heavy (non-hydrogen) atoms. The molecule has 0 fully saturated rings. The fourth-order valence-corrected chi connectivity index (χ4v) is 2.92. The number of nitrogens with zero attached hydrogens (tertiary/aromatic N) is 1.